The molecule has 0 radical (unpaired) electrons. The van der Waals surface area contributed by atoms with Crippen molar-refractivity contribution >= 4 is 28.5 Å². The summed E-state index contributed by atoms with van der Waals surface area (Å²) in [5, 5.41) is 8.36. The van der Waals surface area contributed by atoms with Gasteiger partial charge in [-0.25, -0.2) is 0 Å². The van der Waals surface area contributed by atoms with E-state index in [0.717, 1.165) is 47.7 Å². The second-order valence-electron chi connectivity index (χ2n) is 10.5. The molecule has 1 fully saturated rings. The first kappa shape index (κ1) is 28.3. The number of piperidine rings is 1. The second kappa shape index (κ2) is 13.4. The van der Waals surface area contributed by atoms with E-state index in [1.54, 1.807) is 26.0 Å². The summed E-state index contributed by atoms with van der Waals surface area (Å²) < 4.78 is 0. The molecule has 0 unspecified atom stereocenters. The van der Waals surface area contributed by atoms with Crippen molar-refractivity contribution in [3.05, 3.63) is 83.9 Å². The van der Waals surface area contributed by atoms with Crippen LogP contribution < -0.4 is 10.6 Å². The Morgan fingerprint density at radius 3 is 2.23 bits per heavy atom. The first-order valence-electron chi connectivity index (χ1n) is 13.9. The maximum atomic E-state index is 14.1. The maximum absolute atomic E-state index is 14.1. The molecule has 0 saturated carbocycles. The number of carbonyl (C=O) groups excluding carboxylic acids is 3. The second-order valence-corrected chi connectivity index (χ2v) is 10.5. The minimum Gasteiger partial charge on any atom is -0.357 e. The van der Waals surface area contributed by atoms with Gasteiger partial charge in [0.05, 0.1) is 0 Å². The molecule has 7 heteroatoms. The van der Waals surface area contributed by atoms with Gasteiger partial charge in [0.15, 0.2) is 0 Å². The van der Waals surface area contributed by atoms with E-state index in [0.29, 0.717) is 19.3 Å². The highest BCUT2D eigenvalue weighted by atomic mass is 16.2. The van der Waals surface area contributed by atoms with Crippen LogP contribution in [0.5, 0.6) is 0 Å². The molecule has 1 aliphatic rings. The van der Waals surface area contributed by atoms with Crippen LogP contribution in [0, 0.1) is 0 Å². The Hall–Kier alpha value is -3.71. The smallest absolute Gasteiger partial charge is 0.246 e. The Morgan fingerprint density at radius 2 is 1.54 bits per heavy atom. The highest BCUT2D eigenvalue weighted by molar-refractivity contribution is 5.92. The first-order valence-corrected chi connectivity index (χ1v) is 13.9. The highest BCUT2D eigenvalue weighted by Crippen LogP contribution is 2.21. The molecule has 3 aromatic carbocycles. The SMILES string of the molecule is CNC(=O)[C@@H](Cc1ccccc1)N(C)C(=O)[C@@H](Cc1ccc2ccccc2c1)N(C)C(=O)C[C@H]1CCCCN1. The van der Waals surface area contributed by atoms with Crippen LogP contribution >= 0.6 is 0 Å². The van der Waals surface area contributed by atoms with Crippen molar-refractivity contribution in [1.29, 1.82) is 0 Å². The van der Waals surface area contributed by atoms with Crippen LogP contribution in [0.2, 0.25) is 0 Å². The van der Waals surface area contributed by atoms with E-state index in [1.807, 2.05) is 60.7 Å². The molecular weight excluding hydrogens is 488 g/mol. The average Bonchev–Trinajstić information content (AvgIpc) is 2.98. The molecule has 0 bridgehead atoms. The van der Waals surface area contributed by atoms with Gasteiger partial charge in [0.1, 0.15) is 12.1 Å². The van der Waals surface area contributed by atoms with Gasteiger partial charge in [0, 0.05) is 46.4 Å². The van der Waals surface area contributed by atoms with E-state index in [9.17, 15) is 14.4 Å². The lowest BCUT2D eigenvalue weighted by Crippen LogP contribution is -2.56. The fraction of sp³-hybridized carbons (Fsp3) is 0.406. The van der Waals surface area contributed by atoms with Gasteiger partial charge in [-0.05, 0) is 41.3 Å². The molecule has 3 aromatic rings. The average molecular weight is 529 g/mol. The third-order valence-electron chi connectivity index (χ3n) is 7.86. The molecular formula is C32H40N4O3. The number of amides is 3. The summed E-state index contributed by atoms with van der Waals surface area (Å²) in [7, 11) is 4.96. The highest BCUT2D eigenvalue weighted by Gasteiger charge is 2.35. The minimum atomic E-state index is -0.741. The van der Waals surface area contributed by atoms with Crippen molar-refractivity contribution in [3.63, 3.8) is 0 Å². The van der Waals surface area contributed by atoms with Gasteiger partial charge in [0.25, 0.3) is 0 Å². The summed E-state index contributed by atoms with van der Waals surface area (Å²) in [4.78, 5) is 43.7. The van der Waals surface area contributed by atoms with Crippen molar-refractivity contribution in [1.82, 2.24) is 20.4 Å². The summed E-state index contributed by atoms with van der Waals surface area (Å²) in [5.74, 6) is -0.554. The summed E-state index contributed by atoms with van der Waals surface area (Å²) >= 11 is 0. The van der Waals surface area contributed by atoms with Gasteiger partial charge in [-0.1, -0.05) is 79.2 Å². The van der Waals surface area contributed by atoms with Crippen LogP contribution in [0.25, 0.3) is 10.8 Å². The number of hydrogen-bond acceptors (Lipinski definition) is 4. The van der Waals surface area contributed by atoms with Gasteiger partial charge >= 0.3 is 0 Å². The zero-order chi connectivity index (χ0) is 27.8. The van der Waals surface area contributed by atoms with Gasteiger partial charge in [-0.2, -0.15) is 0 Å². The molecule has 2 N–H and O–H groups in total. The van der Waals surface area contributed by atoms with Crippen LogP contribution in [-0.4, -0.2) is 73.3 Å². The topological polar surface area (TPSA) is 81.8 Å². The number of hydrogen-bond donors (Lipinski definition) is 2. The van der Waals surface area contributed by atoms with Gasteiger partial charge in [0.2, 0.25) is 17.7 Å². The molecule has 206 valence electrons. The number of nitrogens with zero attached hydrogens (tertiary/aromatic N) is 2. The summed E-state index contributed by atoms with van der Waals surface area (Å²) in [5.41, 5.74) is 1.93. The number of nitrogens with one attached hydrogen (secondary N) is 2. The predicted octanol–water partition coefficient (Wildman–Crippen LogP) is 3.56. The summed E-state index contributed by atoms with van der Waals surface area (Å²) in [6, 6.07) is 22.6. The number of rotatable bonds is 10. The zero-order valence-electron chi connectivity index (χ0n) is 23.2. The van der Waals surface area contributed by atoms with E-state index >= 15 is 0 Å². The van der Waals surface area contributed by atoms with Crippen LogP contribution in [0.15, 0.2) is 72.8 Å². The third-order valence-corrected chi connectivity index (χ3v) is 7.86. The third kappa shape index (κ3) is 7.24. The standard InChI is InChI=1S/C32H40N4O3/c1-33-31(38)28(20-23-11-5-4-6-12-23)36(3)32(39)29(35(2)30(37)22-27-15-9-10-18-34-27)21-24-16-17-25-13-7-8-14-26(25)19-24/h4-8,11-14,16-17,19,27-29,34H,9-10,15,18,20-22H2,1-3H3,(H,33,38)/t27-,28-,29-/m1/s1. The molecule has 4 rings (SSSR count). The van der Waals surface area contributed by atoms with Crippen LogP contribution in [-0.2, 0) is 27.2 Å². The van der Waals surface area contributed by atoms with Crippen LogP contribution in [0.1, 0.15) is 36.8 Å². The van der Waals surface area contributed by atoms with Gasteiger partial charge in [-0.3, -0.25) is 14.4 Å². The van der Waals surface area contributed by atoms with Crippen molar-refractivity contribution in [2.75, 3.05) is 27.7 Å². The lowest BCUT2D eigenvalue weighted by molar-refractivity contribution is -0.147. The fourth-order valence-corrected chi connectivity index (χ4v) is 5.40. The Balaban J connectivity index is 1.61. The molecule has 0 spiro atoms. The molecule has 7 nitrogen and oxygen atoms in total. The molecule has 3 atom stereocenters. The summed E-state index contributed by atoms with van der Waals surface area (Å²) in [6.45, 7) is 0.914. The van der Waals surface area contributed by atoms with Crippen molar-refractivity contribution in [2.24, 2.45) is 0 Å². The first-order chi connectivity index (χ1) is 18.9. The van der Waals surface area contributed by atoms with E-state index < -0.39 is 12.1 Å². The number of carbonyl (C=O) groups is 3. The fourth-order valence-electron chi connectivity index (χ4n) is 5.40. The number of likely N-dealkylation sites (N-methyl/N-ethyl adjacent to an activating group) is 3. The van der Waals surface area contributed by atoms with E-state index in [-0.39, 0.29) is 23.8 Å². The van der Waals surface area contributed by atoms with Crippen molar-refractivity contribution < 1.29 is 14.4 Å². The Labute approximate surface area is 231 Å². The summed E-state index contributed by atoms with van der Waals surface area (Å²) in [6.07, 6.45) is 4.28. The molecule has 0 aliphatic carbocycles. The lowest BCUT2D eigenvalue weighted by atomic mass is 9.97. The van der Waals surface area contributed by atoms with E-state index in [2.05, 4.69) is 22.8 Å². The molecule has 1 heterocycles. The molecule has 3 amide bonds. The zero-order valence-corrected chi connectivity index (χ0v) is 23.2. The minimum absolute atomic E-state index is 0.0681. The lowest BCUT2D eigenvalue weighted by Gasteiger charge is -2.35. The van der Waals surface area contributed by atoms with Crippen molar-refractivity contribution in [2.45, 2.75) is 56.7 Å². The molecule has 0 aromatic heterocycles. The van der Waals surface area contributed by atoms with E-state index in [1.165, 1.54) is 4.90 Å². The molecule has 1 saturated heterocycles. The Morgan fingerprint density at radius 1 is 0.846 bits per heavy atom. The largest absolute Gasteiger partial charge is 0.357 e. The quantitative estimate of drug-likeness (QED) is 0.422. The van der Waals surface area contributed by atoms with Gasteiger partial charge < -0.3 is 20.4 Å². The van der Waals surface area contributed by atoms with Gasteiger partial charge in [-0.15, -0.1) is 0 Å². The predicted molar refractivity (Wildman–Crippen MR) is 155 cm³/mol. The monoisotopic (exact) mass is 528 g/mol. The Kier molecular flexibility index (Phi) is 9.71. The van der Waals surface area contributed by atoms with Crippen LogP contribution in [0.3, 0.4) is 0 Å². The maximum Gasteiger partial charge on any atom is 0.246 e. The molecule has 1 aliphatic heterocycles. The number of fused-ring (bicyclic) bond motifs is 1. The van der Waals surface area contributed by atoms with Crippen LogP contribution in [0.4, 0.5) is 0 Å². The Bertz CT molecular complexity index is 1270. The normalized spacial score (nSPS) is 16.7. The van der Waals surface area contributed by atoms with Crippen molar-refractivity contribution in [3.8, 4) is 0 Å². The molecule has 39 heavy (non-hydrogen) atoms. The van der Waals surface area contributed by atoms with E-state index in [4.69, 9.17) is 0 Å². The number of benzene rings is 3.